The van der Waals surface area contributed by atoms with Gasteiger partial charge in [0.1, 0.15) is 6.07 Å². The van der Waals surface area contributed by atoms with Gasteiger partial charge in [-0.05, 0) is 42.5 Å². The van der Waals surface area contributed by atoms with E-state index in [1.54, 1.807) is 24.3 Å². The summed E-state index contributed by atoms with van der Waals surface area (Å²) in [6, 6.07) is 11.6. The van der Waals surface area contributed by atoms with Crippen LogP contribution in [0.3, 0.4) is 0 Å². The molecule has 11 nitrogen and oxygen atoms in total. The van der Waals surface area contributed by atoms with Crippen molar-refractivity contribution < 1.29 is 13.2 Å². The molecule has 0 saturated carbocycles. The number of carbonyl (C=O) groups excluding carboxylic acids is 1. The third-order valence-electron chi connectivity index (χ3n) is 3.57. The summed E-state index contributed by atoms with van der Waals surface area (Å²) in [6.07, 6.45) is 0. The number of primary sulfonamides is 1. The third kappa shape index (κ3) is 4.23. The number of hydrazone groups is 1. The van der Waals surface area contributed by atoms with Gasteiger partial charge in [0, 0.05) is 5.69 Å². The van der Waals surface area contributed by atoms with Crippen molar-refractivity contribution in [1.29, 1.82) is 5.26 Å². The molecule has 0 radical (unpaired) electrons. The first kappa shape index (κ1) is 18.8. The molecule has 3 rings (SSSR count). The zero-order valence-corrected chi connectivity index (χ0v) is 14.9. The summed E-state index contributed by atoms with van der Waals surface area (Å²) >= 11 is 0. The average molecular weight is 399 g/mol. The molecular weight excluding hydrogens is 386 g/mol. The van der Waals surface area contributed by atoms with Gasteiger partial charge in [-0.2, -0.15) is 10.4 Å². The van der Waals surface area contributed by atoms with E-state index in [1.807, 2.05) is 0 Å². The Labute approximate surface area is 157 Å². The summed E-state index contributed by atoms with van der Waals surface area (Å²) in [5.41, 5.74) is 3.58. The molecule has 12 heteroatoms. The van der Waals surface area contributed by atoms with E-state index < -0.39 is 21.6 Å². The normalized spacial score (nSPS) is 11.8. The van der Waals surface area contributed by atoms with Gasteiger partial charge in [-0.15, -0.1) is 0 Å². The number of benzene rings is 2. The SMILES string of the molecule is N#CC(=NNc1ccc2[nH]c(=O)[nH]c2c1)C(=O)Nc1ccc(S(N)(=O)=O)cc1. The number of aromatic nitrogens is 2. The topological polar surface area (TPSA) is 186 Å². The van der Waals surface area contributed by atoms with Crippen LogP contribution >= 0.6 is 0 Å². The molecule has 3 aromatic rings. The first-order valence-corrected chi connectivity index (χ1v) is 9.21. The van der Waals surface area contributed by atoms with E-state index in [0.29, 0.717) is 16.7 Å². The molecule has 28 heavy (non-hydrogen) atoms. The number of anilines is 2. The van der Waals surface area contributed by atoms with Crippen molar-refractivity contribution in [3.05, 3.63) is 52.9 Å². The zero-order valence-electron chi connectivity index (χ0n) is 14.1. The van der Waals surface area contributed by atoms with Crippen LogP contribution in [-0.2, 0) is 14.8 Å². The van der Waals surface area contributed by atoms with E-state index in [4.69, 9.17) is 10.4 Å². The van der Waals surface area contributed by atoms with E-state index in [1.165, 1.54) is 24.3 Å². The molecular formula is C16H13N7O4S. The Morgan fingerprint density at radius 1 is 1.07 bits per heavy atom. The van der Waals surface area contributed by atoms with E-state index >= 15 is 0 Å². The lowest BCUT2D eigenvalue weighted by atomic mass is 10.3. The highest BCUT2D eigenvalue weighted by atomic mass is 32.2. The molecule has 0 fully saturated rings. The van der Waals surface area contributed by atoms with Gasteiger partial charge in [0.2, 0.25) is 15.7 Å². The van der Waals surface area contributed by atoms with Crippen molar-refractivity contribution in [3.8, 4) is 6.07 Å². The van der Waals surface area contributed by atoms with Gasteiger partial charge in [0.15, 0.2) is 0 Å². The highest BCUT2D eigenvalue weighted by Gasteiger charge is 2.13. The molecule has 6 N–H and O–H groups in total. The predicted octanol–water partition coefficient (Wildman–Crippen LogP) is 0.434. The number of amides is 1. The first-order valence-electron chi connectivity index (χ1n) is 7.66. The Bertz CT molecular complexity index is 1280. The number of imidazole rings is 1. The van der Waals surface area contributed by atoms with Crippen molar-refractivity contribution in [2.75, 3.05) is 10.7 Å². The van der Waals surface area contributed by atoms with Gasteiger partial charge < -0.3 is 15.3 Å². The lowest BCUT2D eigenvalue weighted by Crippen LogP contribution is -2.22. The number of sulfonamides is 1. The molecule has 1 amide bonds. The van der Waals surface area contributed by atoms with Gasteiger partial charge >= 0.3 is 5.69 Å². The minimum absolute atomic E-state index is 0.112. The summed E-state index contributed by atoms with van der Waals surface area (Å²) in [4.78, 5) is 28.5. The zero-order chi connectivity index (χ0) is 20.3. The summed E-state index contributed by atoms with van der Waals surface area (Å²) in [6.45, 7) is 0. The fourth-order valence-electron chi connectivity index (χ4n) is 2.27. The number of H-pyrrole nitrogens is 2. The molecule has 142 valence electrons. The predicted molar refractivity (Wildman–Crippen MR) is 102 cm³/mol. The summed E-state index contributed by atoms with van der Waals surface area (Å²) < 4.78 is 22.4. The molecule has 0 aliphatic carbocycles. The molecule has 0 spiro atoms. The van der Waals surface area contributed by atoms with Crippen LogP contribution in [0.2, 0.25) is 0 Å². The summed E-state index contributed by atoms with van der Waals surface area (Å²) in [7, 11) is -3.85. The molecule has 0 aliphatic heterocycles. The highest BCUT2D eigenvalue weighted by Crippen LogP contribution is 2.15. The molecule has 1 heterocycles. The Kier molecular flexibility index (Phi) is 4.94. The van der Waals surface area contributed by atoms with Crippen LogP contribution in [0.25, 0.3) is 11.0 Å². The maximum Gasteiger partial charge on any atom is 0.323 e. The van der Waals surface area contributed by atoms with Crippen LogP contribution in [0.15, 0.2) is 57.3 Å². The van der Waals surface area contributed by atoms with E-state index in [0.717, 1.165) is 0 Å². The van der Waals surface area contributed by atoms with Gasteiger partial charge in [0.25, 0.3) is 5.91 Å². The monoisotopic (exact) mass is 399 g/mol. The molecule has 0 atom stereocenters. The van der Waals surface area contributed by atoms with Gasteiger partial charge in [-0.3, -0.25) is 10.2 Å². The fourth-order valence-corrected chi connectivity index (χ4v) is 2.78. The van der Waals surface area contributed by atoms with Crippen LogP contribution in [0, 0.1) is 11.3 Å². The van der Waals surface area contributed by atoms with Crippen molar-refractivity contribution in [3.63, 3.8) is 0 Å². The second-order valence-electron chi connectivity index (χ2n) is 5.55. The lowest BCUT2D eigenvalue weighted by molar-refractivity contribution is -0.110. The molecule has 0 bridgehead atoms. The maximum absolute atomic E-state index is 12.2. The number of nitrogens with two attached hydrogens (primary N) is 1. The van der Waals surface area contributed by atoms with Gasteiger partial charge in [0.05, 0.1) is 21.6 Å². The Morgan fingerprint density at radius 2 is 1.71 bits per heavy atom. The maximum atomic E-state index is 12.2. The number of nitrogens with zero attached hydrogens (tertiary/aromatic N) is 2. The van der Waals surface area contributed by atoms with Crippen LogP contribution in [0.1, 0.15) is 0 Å². The van der Waals surface area contributed by atoms with Crippen LogP contribution in [0.4, 0.5) is 11.4 Å². The summed E-state index contributed by atoms with van der Waals surface area (Å²) in [5.74, 6) is -0.797. The van der Waals surface area contributed by atoms with E-state index in [2.05, 4.69) is 25.8 Å². The fraction of sp³-hybridized carbons (Fsp3) is 0. The van der Waals surface area contributed by atoms with Crippen LogP contribution in [-0.4, -0.2) is 30.0 Å². The number of nitriles is 1. The third-order valence-corrected chi connectivity index (χ3v) is 4.50. The van der Waals surface area contributed by atoms with Crippen molar-refractivity contribution in [1.82, 2.24) is 9.97 Å². The number of rotatable bonds is 5. The number of hydrogen-bond acceptors (Lipinski definition) is 7. The number of fused-ring (bicyclic) bond motifs is 1. The van der Waals surface area contributed by atoms with Gasteiger partial charge in [-0.25, -0.2) is 18.4 Å². The molecule has 0 unspecified atom stereocenters. The van der Waals surface area contributed by atoms with Gasteiger partial charge in [-0.1, -0.05) is 0 Å². The minimum Gasteiger partial charge on any atom is -0.320 e. The van der Waals surface area contributed by atoms with E-state index in [-0.39, 0.29) is 16.3 Å². The van der Waals surface area contributed by atoms with Crippen molar-refractivity contribution in [2.24, 2.45) is 10.2 Å². The molecule has 2 aromatic carbocycles. The molecule has 1 aromatic heterocycles. The quantitative estimate of drug-likeness (QED) is 0.306. The molecule has 0 saturated heterocycles. The van der Waals surface area contributed by atoms with Crippen molar-refractivity contribution >= 4 is 44.1 Å². The standard InChI is InChI=1S/C16H13N7O4S/c17-8-14(15(24)19-9-1-4-11(5-2-9)28(18,26)27)23-22-10-3-6-12-13(7-10)21-16(25)20-12/h1-7,22H,(H,19,24)(H2,18,26,27)(H2,20,21,25). The number of carbonyl (C=O) groups is 1. The smallest absolute Gasteiger partial charge is 0.320 e. The number of nitrogens with one attached hydrogen (secondary N) is 4. The molecule has 0 aliphatic rings. The summed E-state index contributed by atoms with van der Waals surface area (Å²) in [5, 5.41) is 20.3. The lowest BCUT2D eigenvalue weighted by Gasteiger charge is -2.05. The Morgan fingerprint density at radius 3 is 2.36 bits per heavy atom. The number of aromatic amines is 2. The first-order chi connectivity index (χ1) is 13.3. The van der Waals surface area contributed by atoms with Crippen molar-refractivity contribution in [2.45, 2.75) is 4.90 Å². The minimum atomic E-state index is -3.85. The highest BCUT2D eigenvalue weighted by molar-refractivity contribution is 7.89. The van der Waals surface area contributed by atoms with E-state index in [9.17, 15) is 18.0 Å². The number of hydrogen-bond donors (Lipinski definition) is 5. The second-order valence-corrected chi connectivity index (χ2v) is 7.11. The Balaban J connectivity index is 1.73. The second kappa shape index (κ2) is 7.35. The largest absolute Gasteiger partial charge is 0.323 e. The van der Waals surface area contributed by atoms with Crippen LogP contribution < -0.4 is 21.6 Å². The average Bonchev–Trinajstić information content (AvgIpc) is 3.01. The Hall–Kier alpha value is -3.95. The van der Waals surface area contributed by atoms with Crippen LogP contribution in [0.5, 0.6) is 0 Å².